The van der Waals surface area contributed by atoms with Gasteiger partial charge in [-0.3, -0.25) is 0 Å². The molecule has 0 amide bonds. The van der Waals surface area contributed by atoms with Gasteiger partial charge in [-0.2, -0.15) is 0 Å². The summed E-state index contributed by atoms with van der Waals surface area (Å²) in [6.07, 6.45) is 0. The van der Waals surface area contributed by atoms with Crippen LogP contribution in [-0.4, -0.2) is 6.61 Å². The minimum atomic E-state index is 0.667. The minimum Gasteiger partial charge on any atom is -0.493 e. The summed E-state index contributed by atoms with van der Waals surface area (Å²) in [4.78, 5) is 0. The van der Waals surface area contributed by atoms with Gasteiger partial charge < -0.3 is 4.74 Å². The summed E-state index contributed by atoms with van der Waals surface area (Å²) in [5, 5.41) is 0. The lowest BCUT2D eigenvalue weighted by molar-refractivity contribution is 0.335. The number of hydrogen-bond donors (Lipinski definition) is 0. The molecular formula is C36H42O. The molecule has 0 aliphatic rings. The molecule has 0 aliphatic carbocycles. The van der Waals surface area contributed by atoms with Gasteiger partial charge in [-0.15, -0.1) is 0 Å². The molecule has 0 saturated carbocycles. The van der Waals surface area contributed by atoms with Crippen LogP contribution in [0.5, 0.6) is 5.75 Å². The van der Waals surface area contributed by atoms with Gasteiger partial charge in [0.15, 0.2) is 0 Å². The van der Waals surface area contributed by atoms with Gasteiger partial charge in [-0.05, 0) is 157 Å². The van der Waals surface area contributed by atoms with E-state index < -0.39 is 0 Å². The van der Waals surface area contributed by atoms with Crippen molar-refractivity contribution in [2.45, 2.75) is 90.0 Å². The second-order valence-corrected chi connectivity index (χ2v) is 10.5. The molecule has 37 heavy (non-hydrogen) atoms. The smallest absolute Gasteiger partial charge is 0.125 e. The third kappa shape index (κ3) is 5.06. The highest BCUT2D eigenvalue weighted by molar-refractivity contribution is 5.66. The highest BCUT2D eigenvalue weighted by Crippen LogP contribution is 2.33. The zero-order valence-electron chi connectivity index (χ0n) is 25.2. The fourth-order valence-corrected chi connectivity index (χ4v) is 5.17. The van der Waals surface area contributed by atoms with E-state index in [-0.39, 0.29) is 0 Å². The van der Waals surface area contributed by atoms with E-state index in [1.807, 2.05) is 6.92 Å². The molecule has 192 valence electrons. The molecule has 0 N–H and O–H groups in total. The second kappa shape index (κ2) is 10.9. The molecule has 3 rings (SSSR count). The fraction of sp³-hybridized carbons (Fsp3) is 0.389. The lowest BCUT2D eigenvalue weighted by Crippen LogP contribution is -2.04. The Morgan fingerprint density at radius 1 is 0.432 bits per heavy atom. The molecule has 0 spiro atoms. The lowest BCUT2D eigenvalue weighted by Gasteiger charge is -2.18. The predicted molar refractivity (Wildman–Crippen MR) is 159 cm³/mol. The van der Waals surface area contributed by atoms with Crippen LogP contribution >= 0.6 is 0 Å². The summed E-state index contributed by atoms with van der Waals surface area (Å²) in [5.41, 5.74) is 19.2. The Morgan fingerprint density at radius 3 is 1.00 bits per heavy atom. The number of hydrogen-bond acceptors (Lipinski definition) is 1. The third-order valence-electron chi connectivity index (χ3n) is 8.46. The molecule has 1 heteroatoms. The van der Waals surface area contributed by atoms with E-state index in [0.717, 1.165) is 28.0 Å². The highest BCUT2D eigenvalue weighted by Gasteiger charge is 2.16. The van der Waals surface area contributed by atoms with Crippen LogP contribution in [0.2, 0.25) is 0 Å². The molecule has 3 aromatic rings. The minimum absolute atomic E-state index is 0.667. The monoisotopic (exact) mass is 490 g/mol. The van der Waals surface area contributed by atoms with Gasteiger partial charge in [-0.1, -0.05) is 29.7 Å². The second-order valence-electron chi connectivity index (χ2n) is 10.5. The fourth-order valence-electron chi connectivity index (χ4n) is 5.17. The topological polar surface area (TPSA) is 9.23 Å². The van der Waals surface area contributed by atoms with Crippen LogP contribution in [-0.2, 0) is 0 Å². The van der Waals surface area contributed by atoms with Crippen LogP contribution in [0.3, 0.4) is 0 Å². The maximum atomic E-state index is 5.95. The largest absolute Gasteiger partial charge is 0.493 e. The van der Waals surface area contributed by atoms with Crippen LogP contribution in [0.25, 0.3) is 0 Å². The summed E-state index contributed by atoms with van der Waals surface area (Å²) < 4.78 is 5.95. The molecule has 0 saturated heterocycles. The number of rotatable bonds is 2. The van der Waals surface area contributed by atoms with E-state index >= 15 is 0 Å². The van der Waals surface area contributed by atoms with Crippen LogP contribution < -0.4 is 4.74 Å². The van der Waals surface area contributed by atoms with E-state index in [1.54, 1.807) is 0 Å². The Labute approximate surface area is 225 Å². The van der Waals surface area contributed by atoms with Gasteiger partial charge in [-0.25, -0.2) is 0 Å². The van der Waals surface area contributed by atoms with Crippen molar-refractivity contribution in [3.8, 4) is 29.4 Å². The van der Waals surface area contributed by atoms with E-state index in [0.29, 0.717) is 6.61 Å². The van der Waals surface area contributed by atoms with Crippen molar-refractivity contribution < 1.29 is 4.74 Å². The van der Waals surface area contributed by atoms with Crippen LogP contribution in [0, 0.1) is 107 Å². The summed E-state index contributed by atoms with van der Waals surface area (Å²) in [6.45, 7) is 28.7. The Balaban J connectivity index is 2.17. The molecular weight excluding hydrogens is 448 g/mol. The first-order valence-electron chi connectivity index (χ1n) is 13.3. The summed E-state index contributed by atoms with van der Waals surface area (Å²) in [6, 6.07) is 2.25. The summed E-state index contributed by atoms with van der Waals surface area (Å²) in [7, 11) is 0. The number of aryl methyl sites for hydroxylation is 2. The first kappa shape index (κ1) is 28.2. The number of benzene rings is 3. The van der Waals surface area contributed by atoms with E-state index in [1.165, 1.54) is 66.8 Å². The maximum absolute atomic E-state index is 5.95. The molecule has 0 bridgehead atoms. The maximum Gasteiger partial charge on any atom is 0.125 e. The van der Waals surface area contributed by atoms with Gasteiger partial charge in [0.25, 0.3) is 0 Å². The highest BCUT2D eigenvalue weighted by atomic mass is 16.5. The lowest BCUT2D eigenvalue weighted by atomic mass is 9.88. The normalized spacial score (nSPS) is 10.5. The van der Waals surface area contributed by atoms with Crippen molar-refractivity contribution in [3.63, 3.8) is 0 Å². The molecule has 0 atom stereocenters. The molecule has 1 nitrogen and oxygen atoms in total. The van der Waals surface area contributed by atoms with Gasteiger partial charge in [0, 0.05) is 22.3 Å². The Hall–Kier alpha value is -3.42. The first-order chi connectivity index (χ1) is 17.3. The van der Waals surface area contributed by atoms with Crippen LogP contribution in [0.15, 0.2) is 6.07 Å². The van der Waals surface area contributed by atoms with Gasteiger partial charge in [0.1, 0.15) is 5.75 Å². The Bertz CT molecular complexity index is 1450. The SMILES string of the molecule is CCOc1c(C)c(C)c(C#Cc2c(C)c(C)c(C#Cc3c(C)c(C)cc(C)c3C)c(C)c2C)c(C)c1C. The average Bonchev–Trinajstić information content (AvgIpc) is 2.86. The van der Waals surface area contributed by atoms with Gasteiger partial charge >= 0.3 is 0 Å². The summed E-state index contributed by atoms with van der Waals surface area (Å²) in [5.74, 6) is 15.2. The molecule has 0 unspecified atom stereocenters. The van der Waals surface area contributed by atoms with Crippen molar-refractivity contribution in [1.29, 1.82) is 0 Å². The molecule has 0 aliphatic heterocycles. The first-order valence-corrected chi connectivity index (χ1v) is 13.3. The van der Waals surface area contributed by atoms with E-state index in [9.17, 15) is 0 Å². The van der Waals surface area contributed by atoms with Crippen LogP contribution in [0.4, 0.5) is 0 Å². The Morgan fingerprint density at radius 2 is 0.703 bits per heavy atom. The molecule has 0 heterocycles. The van der Waals surface area contributed by atoms with Crippen molar-refractivity contribution in [2.75, 3.05) is 6.61 Å². The Kier molecular flexibility index (Phi) is 8.30. The summed E-state index contributed by atoms with van der Waals surface area (Å²) >= 11 is 0. The van der Waals surface area contributed by atoms with Crippen molar-refractivity contribution >= 4 is 0 Å². The van der Waals surface area contributed by atoms with E-state index in [2.05, 4.69) is 113 Å². The zero-order chi connectivity index (χ0) is 27.8. The third-order valence-corrected chi connectivity index (χ3v) is 8.46. The van der Waals surface area contributed by atoms with Gasteiger partial charge in [0.05, 0.1) is 6.61 Å². The average molecular weight is 491 g/mol. The van der Waals surface area contributed by atoms with E-state index in [4.69, 9.17) is 4.74 Å². The number of ether oxygens (including phenoxy) is 1. The van der Waals surface area contributed by atoms with Crippen molar-refractivity contribution in [2.24, 2.45) is 0 Å². The van der Waals surface area contributed by atoms with Crippen LogP contribution in [0.1, 0.15) is 95.9 Å². The predicted octanol–water partition coefficient (Wildman–Crippen LogP) is 8.59. The molecule has 0 aromatic heterocycles. The molecule has 0 fully saturated rings. The van der Waals surface area contributed by atoms with Gasteiger partial charge in [0.2, 0.25) is 0 Å². The van der Waals surface area contributed by atoms with Crippen molar-refractivity contribution in [1.82, 2.24) is 0 Å². The quantitative estimate of drug-likeness (QED) is 0.327. The van der Waals surface area contributed by atoms with Crippen molar-refractivity contribution in [3.05, 3.63) is 95.1 Å². The molecule has 0 radical (unpaired) electrons. The zero-order valence-corrected chi connectivity index (χ0v) is 25.2. The molecule has 3 aromatic carbocycles. The standard InChI is InChI=1S/C36H42O/c1-14-37-36-30(12)28(10)35(29(11)31(36)13)18-17-34-26(8)24(6)33(25(7)27(34)9)16-15-32-22(4)20(2)19-21(3)23(32)5/h19H,14H2,1-13H3.